The molecular weight excluding hydrogens is 268 g/mol. The maximum absolute atomic E-state index is 5.95. The first-order chi connectivity index (χ1) is 7.66. The average molecular weight is 274 g/mol. The van der Waals surface area contributed by atoms with Crippen molar-refractivity contribution >= 4 is 34.8 Å². The van der Waals surface area contributed by atoms with Gasteiger partial charge in [-0.3, -0.25) is 4.98 Å². The number of hydrogen-bond acceptors (Lipinski definition) is 2. The van der Waals surface area contributed by atoms with E-state index in [0.29, 0.717) is 21.5 Å². The van der Waals surface area contributed by atoms with Crippen molar-refractivity contribution in [1.29, 1.82) is 0 Å². The van der Waals surface area contributed by atoms with Crippen LogP contribution in [0.1, 0.15) is 0 Å². The quantitative estimate of drug-likeness (QED) is 0.795. The fraction of sp³-hybridized carbons (Fsp3) is 0. The van der Waals surface area contributed by atoms with Gasteiger partial charge >= 0.3 is 0 Å². The third kappa shape index (κ3) is 2.59. The summed E-state index contributed by atoms with van der Waals surface area (Å²) in [5, 5.41) is 0.910. The number of aromatic nitrogens is 1. The van der Waals surface area contributed by atoms with Crippen LogP contribution in [-0.2, 0) is 0 Å². The molecule has 16 heavy (non-hydrogen) atoms. The second kappa shape index (κ2) is 4.91. The van der Waals surface area contributed by atoms with Gasteiger partial charge in [0.15, 0.2) is 5.75 Å². The Morgan fingerprint density at radius 2 is 2.06 bits per heavy atom. The van der Waals surface area contributed by atoms with Gasteiger partial charge in [0.2, 0.25) is 0 Å². The van der Waals surface area contributed by atoms with Gasteiger partial charge in [0, 0.05) is 12.3 Å². The molecular formula is C11H5Cl3NO. The Labute approximate surface area is 108 Å². The second-order valence-electron chi connectivity index (χ2n) is 2.90. The summed E-state index contributed by atoms with van der Waals surface area (Å²) in [6, 6.07) is 7.71. The van der Waals surface area contributed by atoms with E-state index in [2.05, 4.69) is 11.1 Å². The highest BCUT2D eigenvalue weighted by molar-refractivity contribution is 6.40. The summed E-state index contributed by atoms with van der Waals surface area (Å²) in [4.78, 5) is 3.91. The van der Waals surface area contributed by atoms with Crippen molar-refractivity contribution in [2.45, 2.75) is 0 Å². The van der Waals surface area contributed by atoms with Gasteiger partial charge in [-0.1, -0.05) is 34.8 Å². The van der Waals surface area contributed by atoms with Crippen LogP contribution in [-0.4, -0.2) is 4.98 Å². The fourth-order valence-electron chi connectivity index (χ4n) is 1.10. The molecule has 1 radical (unpaired) electrons. The van der Waals surface area contributed by atoms with Gasteiger partial charge in [0.05, 0.1) is 21.3 Å². The molecule has 2 nitrogen and oxygen atoms in total. The summed E-state index contributed by atoms with van der Waals surface area (Å²) < 4.78 is 5.48. The van der Waals surface area contributed by atoms with Gasteiger partial charge in [-0.05, 0) is 18.2 Å². The SMILES string of the molecule is Clc1[c]c(Cl)c(Oc2cccnc2)c(Cl)c1. The molecule has 2 rings (SSSR count). The van der Waals surface area contributed by atoms with Crippen molar-refractivity contribution in [1.82, 2.24) is 4.98 Å². The van der Waals surface area contributed by atoms with Crippen molar-refractivity contribution < 1.29 is 4.74 Å². The van der Waals surface area contributed by atoms with Gasteiger partial charge < -0.3 is 4.74 Å². The summed E-state index contributed by atoms with van der Waals surface area (Å²) in [5.41, 5.74) is 0. The Hall–Kier alpha value is -0.960. The van der Waals surface area contributed by atoms with E-state index in [-0.39, 0.29) is 5.02 Å². The normalized spacial score (nSPS) is 10.2. The van der Waals surface area contributed by atoms with E-state index in [1.807, 2.05) is 0 Å². The predicted octanol–water partition coefficient (Wildman–Crippen LogP) is 4.63. The smallest absolute Gasteiger partial charge is 0.165 e. The standard InChI is InChI=1S/C11H5Cl3NO/c12-7-4-9(13)11(10(14)5-7)16-8-2-1-3-15-6-8/h1-4,6H. The minimum atomic E-state index is 0.237. The zero-order chi connectivity index (χ0) is 11.5. The van der Waals surface area contributed by atoms with Crippen LogP contribution < -0.4 is 4.74 Å². The van der Waals surface area contributed by atoms with Crippen LogP contribution in [0.2, 0.25) is 15.1 Å². The van der Waals surface area contributed by atoms with Crippen molar-refractivity contribution in [2.75, 3.05) is 0 Å². The zero-order valence-corrected chi connectivity index (χ0v) is 10.1. The first-order valence-corrected chi connectivity index (χ1v) is 5.45. The molecule has 0 aliphatic carbocycles. The Bertz CT molecular complexity index is 479. The van der Waals surface area contributed by atoms with Crippen LogP contribution >= 0.6 is 34.8 Å². The van der Waals surface area contributed by atoms with Crippen molar-refractivity contribution in [3.8, 4) is 11.5 Å². The topological polar surface area (TPSA) is 22.1 Å². The summed E-state index contributed by atoms with van der Waals surface area (Å²) in [5.74, 6) is 0.864. The van der Waals surface area contributed by atoms with E-state index in [9.17, 15) is 0 Å². The van der Waals surface area contributed by atoms with E-state index in [4.69, 9.17) is 39.5 Å². The fourth-order valence-corrected chi connectivity index (χ4v) is 1.94. The van der Waals surface area contributed by atoms with Crippen LogP contribution in [0.5, 0.6) is 11.5 Å². The summed E-state index contributed by atoms with van der Waals surface area (Å²) in [6.45, 7) is 0. The maximum Gasteiger partial charge on any atom is 0.165 e. The summed E-state index contributed by atoms with van der Waals surface area (Å²) in [6.07, 6.45) is 3.20. The molecule has 0 N–H and O–H groups in total. The minimum Gasteiger partial charge on any atom is -0.453 e. The third-order valence-electron chi connectivity index (χ3n) is 1.75. The number of nitrogens with zero attached hydrogens (tertiary/aromatic N) is 1. The summed E-state index contributed by atoms with van der Waals surface area (Å²) >= 11 is 17.6. The highest BCUT2D eigenvalue weighted by atomic mass is 35.5. The number of benzene rings is 1. The Kier molecular flexibility index (Phi) is 3.54. The van der Waals surface area contributed by atoms with Gasteiger partial charge in [-0.2, -0.15) is 0 Å². The molecule has 1 heterocycles. The molecule has 0 unspecified atom stereocenters. The van der Waals surface area contributed by atoms with Crippen molar-refractivity contribution in [2.24, 2.45) is 0 Å². The van der Waals surface area contributed by atoms with Gasteiger partial charge in [-0.25, -0.2) is 0 Å². The maximum atomic E-state index is 5.95. The van der Waals surface area contributed by atoms with Crippen molar-refractivity contribution in [3.63, 3.8) is 0 Å². The van der Waals surface area contributed by atoms with Crippen LogP contribution in [0.4, 0.5) is 0 Å². The highest BCUT2D eigenvalue weighted by Crippen LogP contribution is 2.37. The molecule has 0 amide bonds. The molecule has 0 saturated carbocycles. The van der Waals surface area contributed by atoms with E-state index >= 15 is 0 Å². The molecule has 0 saturated heterocycles. The Morgan fingerprint density at radius 3 is 2.69 bits per heavy atom. The first-order valence-electron chi connectivity index (χ1n) is 4.31. The van der Waals surface area contributed by atoms with E-state index in [1.54, 1.807) is 24.5 Å². The lowest BCUT2D eigenvalue weighted by Crippen LogP contribution is -1.87. The average Bonchev–Trinajstić information content (AvgIpc) is 2.25. The Morgan fingerprint density at radius 1 is 1.25 bits per heavy atom. The molecule has 1 aromatic carbocycles. The van der Waals surface area contributed by atoms with E-state index in [0.717, 1.165) is 0 Å². The summed E-state index contributed by atoms with van der Waals surface area (Å²) in [7, 11) is 0. The third-order valence-corrected chi connectivity index (χ3v) is 2.50. The van der Waals surface area contributed by atoms with Crippen molar-refractivity contribution in [3.05, 3.63) is 51.7 Å². The minimum absolute atomic E-state index is 0.237. The first kappa shape index (κ1) is 11.5. The Balaban J connectivity index is 2.35. The molecule has 0 spiro atoms. The van der Waals surface area contributed by atoms with Gasteiger partial charge in [0.1, 0.15) is 5.75 Å². The monoisotopic (exact) mass is 272 g/mol. The number of rotatable bonds is 2. The van der Waals surface area contributed by atoms with E-state index < -0.39 is 0 Å². The predicted molar refractivity (Wildman–Crippen MR) is 64.6 cm³/mol. The van der Waals surface area contributed by atoms with Crippen LogP contribution in [0.25, 0.3) is 0 Å². The number of hydrogen-bond donors (Lipinski definition) is 0. The lowest BCUT2D eigenvalue weighted by atomic mass is 10.3. The zero-order valence-electron chi connectivity index (χ0n) is 7.88. The molecule has 81 valence electrons. The number of halogens is 3. The molecule has 0 atom stereocenters. The molecule has 1 aromatic heterocycles. The molecule has 0 bridgehead atoms. The lowest BCUT2D eigenvalue weighted by molar-refractivity contribution is 0.480. The van der Waals surface area contributed by atoms with Crippen LogP contribution in [0, 0.1) is 6.07 Å². The largest absolute Gasteiger partial charge is 0.453 e. The molecule has 0 aliphatic rings. The number of pyridine rings is 1. The number of ether oxygens (including phenoxy) is 1. The molecule has 0 aliphatic heterocycles. The van der Waals surface area contributed by atoms with Crippen LogP contribution in [0.15, 0.2) is 30.6 Å². The van der Waals surface area contributed by atoms with E-state index in [1.165, 1.54) is 6.07 Å². The lowest BCUT2D eigenvalue weighted by Gasteiger charge is -2.08. The van der Waals surface area contributed by atoms with Gasteiger partial charge in [0.25, 0.3) is 0 Å². The molecule has 0 fully saturated rings. The van der Waals surface area contributed by atoms with Crippen LogP contribution in [0.3, 0.4) is 0 Å². The molecule has 2 aromatic rings. The molecule has 5 heteroatoms. The highest BCUT2D eigenvalue weighted by Gasteiger charge is 2.10. The van der Waals surface area contributed by atoms with Gasteiger partial charge in [-0.15, -0.1) is 0 Å². The second-order valence-corrected chi connectivity index (χ2v) is 4.09.